The van der Waals surface area contributed by atoms with Crippen LogP contribution in [-0.2, 0) is 12.8 Å². The van der Waals surface area contributed by atoms with Gasteiger partial charge in [0, 0.05) is 22.0 Å². The molecule has 0 fully saturated rings. The summed E-state index contributed by atoms with van der Waals surface area (Å²) in [5, 5.41) is 6.17. The number of allylic oxidation sites excluding steroid dienone is 2. The van der Waals surface area contributed by atoms with Gasteiger partial charge in [0.25, 0.3) is 0 Å². The van der Waals surface area contributed by atoms with Crippen LogP contribution in [0.1, 0.15) is 64.8 Å². The Morgan fingerprint density at radius 1 is 1.12 bits per heavy atom. The molecule has 0 radical (unpaired) electrons. The van der Waals surface area contributed by atoms with Crippen LogP contribution >= 0.6 is 11.3 Å². The number of anilines is 1. The number of hydrogen-bond donors (Lipinski definition) is 1. The molecule has 0 aromatic carbocycles. The number of fused-ring (bicyclic) bond motifs is 1. The maximum atomic E-state index is 3.81. The van der Waals surface area contributed by atoms with Gasteiger partial charge in [0.15, 0.2) is 0 Å². The fraction of sp³-hybridized carbons (Fsp3) is 0.636. The Morgan fingerprint density at radius 2 is 1.88 bits per heavy atom. The lowest BCUT2D eigenvalue weighted by Gasteiger charge is -2.34. The minimum absolute atomic E-state index is 0.253. The van der Waals surface area contributed by atoms with Crippen molar-refractivity contribution in [3.8, 4) is 0 Å². The Morgan fingerprint density at radius 3 is 2.46 bits per heavy atom. The van der Waals surface area contributed by atoms with Crippen LogP contribution in [0.5, 0.6) is 0 Å². The molecule has 2 heteroatoms. The van der Waals surface area contributed by atoms with Gasteiger partial charge < -0.3 is 5.32 Å². The van der Waals surface area contributed by atoms with Crippen molar-refractivity contribution >= 4 is 17.0 Å². The molecule has 1 heterocycles. The van der Waals surface area contributed by atoms with Crippen molar-refractivity contribution in [1.82, 2.24) is 0 Å². The van der Waals surface area contributed by atoms with Crippen molar-refractivity contribution in [2.45, 2.75) is 73.3 Å². The first kappa shape index (κ1) is 17.8. The van der Waals surface area contributed by atoms with Crippen LogP contribution in [0.2, 0.25) is 0 Å². The molecule has 0 aliphatic heterocycles. The normalized spacial score (nSPS) is 24.5. The van der Waals surface area contributed by atoms with Gasteiger partial charge in [-0.25, -0.2) is 0 Å². The lowest BCUT2D eigenvalue weighted by Crippen LogP contribution is -2.27. The van der Waals surface area contributed by atoms with Gasteiger partial charge in [-0.3, -0.25) is 0 Å². The van der Waals surface area contributed by atoms with Gasteiger partial charge in [0.1, 0.15) is 0 Å². The van der Waals surface area contributed by atoms with Crippen LogP contribution in [0.4, 0.5) is 5.69 Å². The molecule has 132 valence electrons. The first-order chi connectivity index (χ1) is 11.1. The third-order valence-corrected chi connectivity index (χ3v) is 6.77. The molecule has 1 N–H and O–H groups in total. The largest absolute Gasteiger partial charge is 0.378 e. The average molecular weight is 344 g/mol. The second-order valence-electron chi connectivity index (χ2n) is 9.61. The Hall–Kier alpha value is -1.02. The molecule has 1 nitrogen and oxygen atoms in total. The molecule has 0 saturated heterocycles. The summed E-state index contributed by atoms with van der Waals surface area (Å²) < 4.78 is 0. The number of hydrogen-bond acceptors (Lipinski definition) is 2. The Kier molecular flexibility index (Phi) is 4.72. The molecule has 0 saturated carbocycles. The highest BCUT2D eigenvalue weighted by Crippen LogP contribution is 2.42. The Bertz CT molecular complexity index is 648. The van der Waals surface area contributed by atoms with Crippen LogP contribution in [-0.4, -0.2) is 6.04 Å². The molecule has 1 aromatic heterocycles. The standard InChI is InChI=1S/C22H33NS/c1-21(2,3)15-7-10-17(11-8-15)23-19-14-24-20-12-9-16(13-18(19)20)22(4,5)6/h7-8,10,14,16-17,23H,9,11-13H2,1-6H3/t16-,17?/m1/s1. The van der Waals surface area contributed by atoms with E-state index in [9.17, 15) is 0 Å². The van der Waals surface area contributed by atoms with E-state index >= 15 is 0 Å². The molecular weight excluding hydrogens is 310 g/mol. The summed E-state index contributed by atoms with van der Waals surface area (Å²) in [6.45, 7) is 14.1. The summed E-state index contributed by atoms with van der Waals surface area (Å²) >= 11 is 1.96. The van der Waals surface area contributed by atoms with E-state index in [1.54, 1.807) is 10.4 Å². The minimum Gasteiger partial charge on any atom is -0.378 e. The zero-order chi connectivity index (χ0) is 17.5. The summed E-state index contributed by atoms with van der Waals surface area (Å²) in [4.78, 5) is 1.61. The summed E-state index contributed by atoms with van der Waals surface area (Å²) in [5.74, 6) is 0.800. The molecular formula is C22H33NS. The van der Waals surface area contributed by atoms with E-state index in [0.29, 0.717) is 11.5 Å². The van der Waals surface area contributed by atoms with Gasteiger partial charge >= 0.3 is 0 Å². The highest BCUT2D eigenvalue weighted by molar-refractivity contribution is 7.10. The Labute approximate surface area is 152 Å². The van der Waals surface area contributed by atoms with Crippen molar-refractivity contribution in [2.24, 2.45) is 16.7 Å². The summed E-state index contributed by atoms with van der Waals surface area (Å²) in [6.07, 6.45) is 12.0. The number of aryl methyl sites for hydroxylation is 1. The number of nitrogens with one attached hydrogen (secondary N) is 1. The maximum Gasteiger partial charge on any atom is 0.0489 e. The molecule has 2 aliphatic carbocycles. The fourth-order valence-corrected chi connectivity index (χ4v) is 4.90. The third-order valence-electron chi connectivity index (χ3n) is 5.68. The van der Waals surface area contributed by atoms with Gasteiger partial charge in [-0.05, 0) is 53.6 Å². The van der Waals surface area contributed by atoms with E-state index in [-0.39, 0.29) is 5.41 Å². The molecule has 3 rings (SSSR count). The van der Waals surface area contributed by atoms with Gasteiger partial charge in [-0.15, -0.1) is 11.3 Å². The Balaban J connectivity index is 1.70. The van der Waals surface area contributed by atoms with E-state index in [1.165, 1.54) is 30.5 Å². The van der Waals surface area contributed by atoms with Crippen molar-refractivity contribution < 1.29 is 0 Å². The van der Waals surface area contributed by atoms with Gasteiger partial charge in [-0.1, -0.05) is 59.8 Å². The zero-order valence-electron chi connectivity index (χ0n) is 16.2. The molecule has 0 bridgehead atoms. The third kappa shape index (κ3) is 3.79. The zero-order valence-corrected chi connectivity index (χ0v) is 17.0. The SMILES string of the molecule is CC(C)(C)C1=CCC(Nc2csc3c2C[C@H](C(C)(C)C)CC3)C=C1. The second-order valence-corrected chi connectivity index (χ2v) is 10.6. The van der Waals surface area contributed by atoms with Gasteiger partial charge in [-0.2, -0.15) is 0 Å². The van der Waals surface area contributed by atoms with Crippen LogP contribution in [0, 0.1) is 16.7 Å². The molecule has 2 aliphatic rings. The van der Waals surface area contributed by atoms with Crippen LogP contribution in [0.3, 0.4) is 0 Å². The first-order valence-electron chi connectivity index (χ1n) is 9.39. The van der Waals surface area contributed by atoms with Gasteiger partial charge in [0.05, 0.1) is 0 Å². The predicted molar refractivity (Wildman–Crippen MR) is 108 cm³/mol. The smallest absolute Gasteiger partial charge is 0.0489 e. The van der Waals surface area contributed by atoms with E-state index in [0.717, 1.165) is 12.3 Å². The van der Waals surface area contributed by atoms with Crippen molar-refractivity contribution in [3.63, 3.8) is 0 Å². The van der Waals surface area contributed by atoms with E-state index < -0.39 is 0 Å². The topological polar surface area (TPSA) is 12.0 Å². The molecule has 0 amide bonds. The average Bonchev–Trinajstić information content (AvgIpc) is 2.88. The van der Waals surface area contributed by atoms with E-state index in [1.807, 2.05) is 11.3 Å². The highest BCUT2D eigenvalue weighted by atomic mass is 32.1. The quantitative estimate of drug-likeness (QED) is 0.637. The predicted octanol–water partition coefficient (Wildman–Crippen LogP) is 6.61. The highest BCUT2D eigenvalue weighted by Gasteiger charge is 2.31. The monoisotopic (exact) mass is 343 g/mol. The minimum atomic E-state index is 0.253. The van der Waals surface area contributed by atoms with E-state index in [4.69, 9.17) is 0 Å². The van der Waals surface area contributed by atoms with Crippen molar-refractivity contribution in [3.05, 3.63) is 39.6 Å². The fourth-order valence-electron chi connectivity index (χ4n) is 3.85. The molecule has 0 spiro atoms. The summed E-state index contributed by atoms with van der Waals surface area (Å²) in [6, 6.07) is 0.435. The second kappa shape index (κ2) is 6.37. The lowest BCUT2D eigenvalue weighted by molar-refractivity contribution is 0.217. The first-order valence-corrected chi connectivity index (χ1v) is 10.3. The van der Waals surface area contributed by atoms with Crippen LogP contribution < -0.4 is 5.32 Å². The summed E-state index contributed by atoms with van der Waals surface area (Å²) in [5.41, 5.74) is 5.12. The number of thiophene rings is 1. The molecule has 1 unspecified atom stereocenters. The van der Waals surface area contributed by atoms with Crippen molar-refractivity contribution in [1.29, 1.82) is 0 Å². The summed E-state index contributed by atoms with van der Waals surface area (Å²) in [7, 11) is 0. The lowest BCUT2D eigenvalue weighted by atomic mass is 9.72. The van der Waals surface area contributed by atoms with E-state index in [2.05, 4.69) is 70.5 Å². The van der Waals surface area contributed by atoms with Crippen molar-refractivity contribution in [2.75, 3.05) is 5.32 Å². The van der Waals surface area contributed by atoms with Crippen LogP contribution in [0.15, 0.2) is 29.2 Å². The van der Waals surface area contributed by atoms with Gasteiger partial charge in [0.2, 0.25) is 0 Å². The maximum absolute atomic E-state index is 3.81. The van der Waals surface area contributed by atoms with Crippen LogP contribution in [0.25, 0.3) is 0 Å². The number of rotatable bonds is 2. The molecule has 2 atom stereocenters. The molecule has 24 heavy (non-hydrogen) atoms. The molecule has 1 aromatic rings.